The minimum absolute atomic E-state index is 0.268. The average molecular weight is 438 g/mol. The van der Waals surface area contributed by atoms with Gasteiger partial charge in [0.1, 0.15) is 11.9 Å². The highest BCUT2D eigenvalue weighted by Gasteiger charge is 2.24. The lowest BCUT2D eigenvalue weighted by Crippen LogP contribution is -2.34. The number of imidazole rings is 1. The summed E-state index contributed by atoms with van der Waals surface area (Å²) in [6, 6.07) is 20.5. The Kier molecular flexibility index (Phi) is 6.18. The van der Waals surface area contributed by atoms with Gasteiger partial charge in [0.15, 0.2) is 0 Å². The van der Waals surface area contributed by atoms with Crippen LogP contribution in [0.2, 0.25) is 5.02 Å². The molecule has 1 aromatic heterocycles. The average Bonchev–Trinajstić information content (AvgIpc) is 3.12. The predicted molar refractivity (Wildman–Crippen MR) is 120 cm³/mol. The van der Waals surface area contributed by atoms with Crippen molar-refractivity contribution >= 4 is 34.6 Å². The molecule has 1 heterocycles. The molecule has 0 spiro atoms. The van der Waals surface area contributed by atoms with E-state index in [-0.39, 0.29) is 18.4 Å². The normalized spacial score (nSPS) is 12.0. The highest BCUT2D eigenvalue weighted by molar-refractivity contribution is 6.30. The number of anilines is 1. The highest BCUT2D eigenvalue weighted by Crippen LogP contribution is 2.27. The van der Waals surface area contributed by atoms with Gasteiger partial charge in [-0.1, -0.05) is 41.9 Å². The molecular formula is C24H21ClFN3O2. The maximum absolute atomic E-state index is 14.0. The van der Waals surface area contributed by atoms with E-state index >= 15 is 0 Å². The van der Waals surface area contributed by atoms with Gasteiger partial charge in [-0.3, -0.25) is 4.57 Å². The summed E-state index contributed by atoms with van der Waals surface area (Å²) in [6.45, 7) is 2.04. The fourth-order valence-corrected chi connectivity index (χ4v) is 3.56. The molecule has 4 aromatic rings. The van der Waals surface area contributed by atoms with Gasteiger partial charge in [-0.25, -0.2) is 14.2 Å². The zero-order valence-electron chi connectivity index (χ0n) is 16.9. The fraction of sp³-hybridized carbons (Fsp3) is 0.167. The number of benzene rings is 3. The number of hydrogen-bond acceptors (Lipinski definition) is 4. The van der Waals surface area contributed by atoms with E-state index in [4.69, 9.17) is 16.3 Å². The Morgan fingerprint density at radius 2 is 1.87 bits per heavy atom. The third-order valence-electron chi connectivity index (χ3n) is 4.86. The minimum atomic E-state index is -0.671. The van der Waals surface area contributed by atoms with E-state index < -0.39 is 6.04 Å². The van der Waals surface area contributed by atoms with Crippen LogP contribution in [0.4, 0.5) is 10.3 Å². The van der Waals surface area contributed by atoms with Crippen LogP contribution in [-0.4, -0.2) is 28.2 Å². The molecule has 1 atom stereocenters. The van der Waals surface area contributed by atoms with Crippen molar-refractivity contribution in [3.8, 4) is 5.69 Å². The Morgan fingerprint density at radius 3 is 2.58 bits per heavy atom. The van der Waals surface area contributed by atoms with E-state index in [9.17, 15) is 9.18 Å². The first-order valence-corrected chi connectivity index (χ1v) is 10.3. The Bertz CT molecular complexity index is 1190. The van der Waals surface area contributed by atoms with Crippen LogP contribution in [0.15, 0.2) is 72.8 Å². The molecule has 0 bridgehead atoms. The van der Waals surface area contributed by atoms with Crippen molar-refractivity contribution in [2.24, 2.45) is 0 Å². The maximum Gasteiger partial charge on any atom is 0.328 e. The molecule has 0 aliphatic heterocycles. The topological polar surface area (TPSA) is 56.1 Å². The largest absolute Gasteiger partial charge is 0.464 e. The summed E-state index contributed by atoms with van der Waals surface area (Å²) in [5, 5.41) is 3.81. The van der Waals surface area contributed by atoms with Crippen molar-refractivity contribution < 1.29 is 13.9 Å². The molecular weight excluding hydrogens is 417 g/mol. The molecule has 4 rings (SSSR count). The fourth-order valence-electron chi connectivity index (χ4n) is 3.44. The smallest absolute Gasteiger partial charge is 0.328 e. The van der Waals surface area contributed by atoms with E-state index in [1.807, 2.05) is 42.5 Å². The summed E-state index contributed by atoms with van der Waals surface area (Å²) in [6.07, 6.45) is 0.415. The number of halogens is 2. The first kappa shape index (κ1) is 20.9. The second kappa shape index (κ2) is 9.18. The van der Waals surface area contributed by atoms with Crippen LogP contribution >= 0.6 is 11.6 Å². The van der Waals surface area contributed by atoms with Gasteiger partial charge in [-0.15, -0.1) is 0 Å². The minimum Gasteiger partial charge on any atom is -0.464 e. The Balaban J connectivity index is 1.78. The third kappa shape index (κ3) is 4.70. The number of esters is 1. The molecule has 0 saturated carbocycles. The molecule has 7 heteroatoms. The van der Waals surface area contributed by atoms with Crippen LogP contribution in [0.25, 0.3) is 16.7 Å². The summed E-state index contributed by atoms with van der Waals surface area (Å²) >= 11 is 6.05. The Morgan fingerprint density at radius 1 is 1.13 bits per heavy atom. The molecule has 31 heavy (non-hydrogen) atoms. The Labute approximate surface area is 184 Å². The second-order valence-corrected chi connectivity index (χ2v) is 7.46. The molecule has 5 nitrogen and oxygen atoms in total. The van der Waals surface area contributed by atoms with E-state index in [0.29, 0.717) is 28.4 Å². The first-order chi connectivity index (χ1) is 15.0. The maximum atomic E-state index is 14.0. The molecule has 0 saturated heterocycles. The van der Waals surface area contributed by atoms with Gasteiger partial charge in [0, 0.05) is 23.2 Å². The standard InChI is InChI=1S/C24H21ClFN3O2/c1-2-31-23(30)21(14-16-6-4-3-5-7-16)28-24-27-20-13-10-18(26)15-22(20)29(24)19-11-8-17(25)9-12-19/h3-13,15,21H,2,14H2,1H3,(H,27,28)/t21-/m0/s1. The molecule has 0 unspecified atom stereocenters. The van der Waals surface area contributed by atoms with Gasteiger partial charge < -0.3 is 10.1 Å². The molecule has 1 N–H and O–H groups in total. The lowest BCUT2D eigenvalue weighted by atomic mass is 10.1. The zero-order valence-corrected chi connectivity index (χ0v) is 17.6. The van der Waals surface area contributed by atoms with Crippen molar-refractivity contribution in [3.63, 3.8) is 0 Å². The van der Waals surface area contributed by atoms with E-state index in [1.54, 1.807) is 29.7 Å². The van der Waals surface area contributed by atoms with Crippen molar-refractivity contribution in [2.45, 2.75) is 19.4 Å². The van der Waals surface area contributed by atoms with Crippen LogP contribution in [0.3, 0.4) is 0 Å². The summed E-state index contributed by atoms with van der Waals surface area (Å²) < 4.78 is 21.1. The number of rotatable bonds is 7. The van der Waals surface area contributed by atoms with Crippen LogP contribution in [0.1, 0.15) is 12.5 Å². The van der Waals surface area contributed by atoms with Crippen molar-refractivity contribution in [3.05, 3.63) is 89.2 Å². The molecule has 0 amide bonds. The number of ether oxygens (including phenoxy) is 1. The monoisotopic (exact) mass is 437 g/mol. The van der Waals surface area contributed by atoms with Gasteiger partial charge in [-0.05, 0) is 48.9 Å². The van der Waals surface area contributed by atoms with Crippen LogP contribution in [-0.2, 0) is 16.0 Å². The number of nitrogens with one attached hydrogen (secondary N) is 1. The molecule has 0 fully saturated rings. The molecule has 158 valence electrons. The predicted octanol–water partition coefficient (Wildman–Crippen LogP) is 5.40. The highest BCUT2D eigenvalue weighted by atomic mass is 35.5. The summed E-state index contributed by atoms with van der Waals surface area (Å²) in [4.78, 5) is 17.3. The summed E-state index contributed by atoms with van der Waals surface area (Å²) in [5.41, 5.74) is 2.89. The molecule has 0 aliphatic rings. The van der Waals surface area contributed by atoms with Crippen molar-refractivity contribution in [1.82, 2.24) is 9.55 Å². The number of nitrogens with zero attached hydrogens (tertiary/aromatic N) is 2. The number of aromatic nitrogens is 2. The van der Waals surface area contributed by atoms with E-state index in [2.05, 4.69) is 10.3 Å². The molecule has 0 aliphatic carbocycles. The van der Waals surface area contributed by atoms with Gasteiger partial charge in [-0.2, -0.15) is 0 Å². The van der Waals surface area contributed by atoms with Crippen molar-refractivity contribution in [1.29, 1.82) is 0 Å². The van der Waals surface area contributed by atoms with Gasteiger partial charge >= 0.3 is 5.97 Å². The van der Waals surface area contributed by atoms with E-state index in [1.165, 1.54) is 12.1 Å². The lowest BCUT2D eigenvalue weighted by molar-refractivity contribution is -0.144. The zero-order chi connectivity index (χ0) is 21.8. The van der Waals surface area contributed by atoms with Crippen LogP contribution in [0.5, 0.6) is 0 Å². The summed E-state index contributed by atoms with van der Waals surface area (Å²) in [5.74, 6) is -0.343. The number of fused-ring (bicyclic) bond motifs is 1. The quantitative estimate of drug-likeness (QED) is 0.393. The van der Waals surface area contributed by atoms with Gasteiger partial charge in [0.05, 0.1) is 17.6 Å². The number of carbonyl (C=O) groups excluding carboxylic acids is 1. The SMILES string of the molecule is CCOC(=O)[C@H](Cc1ccccc1)Nc1nc2ccc(F)cc2n1-c1ccc(Cl)cc1. The van der Waals surface area contributed by atoms with Gasteiger partial charge in [0.25, 0.3) is 0 Å². The summed E-state index contributed by atoms with van der Waals surface area (Å²) in [7, 11) is 0. The van der Waals surface area contributed by atoms with Crippen LogP contribution < -0.4 is 5.32 Å². The van der Waals surface area contributed by atoms with Crippen molar-refractivity contribution in [2.75, 3.05) is 11.9 Å². The molecule has 3 aromatic carbocycles. The van der Waals surface area contributed by atoms with Gasteiger partial charge in [0.2, 0.25) is 5.95 Å². The second-order valence-electron chi connectivity index (χ2n) is 7.02. The lowest BCUT2D eigenvalue weighted by Gasteiger charge is -2.19. The number of carbonyl (C=O) groups is 1. The van der Waals surface area contributed by atoms with E-state index in [0.717, 1.165) is 11.3 Å². The first-order valence-electron chi connectivity index (χ1n) is 9.96. The third-order valence-corrected chi connectivity index (χ3v) is 5.11. The Hall–Kier alpha value is -3.38. The number of hydrogen-bond donors (Lipinski definition) is 1. The van der Waals surface area contributed by atoms with Crippen LogP contribution in [0, 0.1) is 5.82 Å². The molecule has 0 radical (unpaired) electrons.